The molecule has 0 saturated heterocycles. The van der Waals surface area contributed by atoms with Crippen LogP contribution in [0.2, 0.25) is 0 Å². The Morgan fingerprint density at radius 1 is 0.900 bits per heavy atom. The lowest BCUT2D eigenvalue weighted by Crippen LogP contribution is -2.37. The average Bonchev–Trinajstić information content (AvgIpc) is 3.20. The number of hydrogen-bond donors (Lipinski definition) is 0. The number of nitrogens with zero attached hydrogens (tertiary/aromatic N) is 2. The third kappa shape index (κ3) is 5.22. The Balaban J connectivity index is 2.00. The maximum absolute atomic E-state index is 4.93. The minimum atomic E-state index is -0.0384. The molecule has 30 heavy (non-hydrogen) atoms. The van der Waals surface area contributed by atoms with Crippen molar-refractivity contribution >= 4 is 0 Å². The normalized spacial score (nSPS) is 14.6. The molecule has 0 aliphatic carbocycles. The summed E-state index contributed by atoms with van der Waals surface area (Å²) < 4.78 is 2.42. The van der Waals surface area contributed by atoms with Crippen LogP contribution in [-0.2, 0) is 18.4 Å². The summed E-state index contributed by atoms with van der Waals surface area (Å²) in [5, 5.41) is 0. The molecule has 2 atom stereocenters. The molecule has 1 heterocycles. The molecule has 3 aromatic rings. The Bertz CT molecular complexity index is 866. The lowest BCUT2D eigenvalue weighted by Gasteiger charge is -2.41. The van der Waals surface area contributed by atoms with Crippen LogP contribution >= 0.6 is 0 Å². The van der Waals surface area contributed by atoms with E-state index in [0.717, 1.165) is 13.0 Å². The van der Waals surface area contributed by atoms with Crippen molar-refractivity contribution in [3.63, 3.8) is 0 Å². The second-order valence-electron chi connectivity index (χ2n) is 9.21. The van der Waals surface area contributed by atoms with Gasteiger partial charge in [-0.1, -0.05) is 108 Å². The predicted molar refractivity (Wildman–Crippen MR) is 128 cm³/mol. The maximum atomic E-state index is 4.93. The smallest absolute Gasteiger partial charge is 0.112 e. The van der Waals surface area contributed by atoms with Crippen LogP contribution in [0.4, 0.5) is 0 Å². The molecule has 0 fully saturated rings. The van der Waals surface area contributed by atoms with Crippen LogP contribution in [-0.4, -0.2) is 9.55 Å². The van der Waals surface area contributed by atoms with Gasteiger partial charge in [-0.3, -0.25) is 0 Å². The highest BCUT2D eigenvalue weighted by molar-refractivity contribution is 5.33. The highest BCUT2D eigenvalue weighted by Crippen LogP contribution is 2.45. The minimum Gasteiger partial charge on any atom is -0.335 e. The fraction of sp³-hybridized carbons (Fsp3) is 0.464. The molecule has 3 rings (SSSR count). The van der Waals surface area contributed by atoms with E-state index >= 15 is 0 Å². The van der Waals surface area contributed by atoms with Crippen LogP contribution < -0.4 is 0 Å². The van der Waals surface area contributed by atoms with Crippen molar-refractivity contribution in [3.05, 3.63) is 90.0 Å². The first-order valence-corrected chi connectivity index (χ1v) is 11.7. The fourth-order valence-corrected chi connectivity index (χ4v) is 5.05. The number of unbranched alkanes of at least 4 members (excludes halogenated alkanes) is 3. The Labute approximate surface area is 183 Å². The molecule has 0 spiro atoms. The molecule has 0 amide bonds. The zero-order valence-corrected chi connectivity index (χ0v) is 19.2. The number of aromatic nitrogens is 2. The number of hydrogen-bond acceptors (Lipinski definition) is 1. The Kier molecular flexibility index (Phi) is 7.90. The van der Waals surface area contributed by atoms with Gasteiger partial charge >= 0.3 is 0 Å². The summed E-state index contributed by atoms with van der Waals surface area (Å²) in [7, 11) is 0. The Morgan fingerprint density at radius 3 is 2.20 bits per heavy atom. The summed E-state index contributed by atoms with van der Waals surface area (Å²) in [5.41, 5.74) is 2.74. The van der Waals surface area contributed by atoms with Crippen molar-refractivity contribution in [2.24, 2.45) is 5.92 Å². The van der Waals surface area contributed by atoms with Crippen molar-refractivity contribution in [2.45, 2.75) is 77.7 Å². The van der Waals surface area contributed by atoms with E-state index in [0.29, 0.717) is 11.8 Å². The molecule has 0 radical (unpaired) electrons. The second kappa shape index (κ2) is 10.6. The van der Waals surface area contributed by atoms with Gasteiger partial charge in [0.1, 0.15) is 5.82 Å². The van der Waals surface area contributed by atoms with Gasteiger partial charge in [0.05, 0.1) is 0 Å². The molecular weight excluding hydrogens is 364 g/mol. The molecule has 2 aromatic carbocycles. The van der Waals surface area contributed by atoms with Crippen LogP contribution in [0.15, 0.2) is 73.1 Å². The van der Waals surface area contributed by atoms with Crippen LogP contribution in [0, 0.1) is 5.92 Å². The minimum absolute atomic E-state index is 0.0384. The monoisotopic (exact) mass is 402 g/mol. The highest BCUT2D eigenvalue weighted by Gasteiger charge is 2.41. The second-order valence-corrected chi connectivity index (χ2v) is 9.21. The van der Waals surface area contributed by atoms with E-state index in [1.54, 1.807) is 0 Å². The van der Waals surface area contributed by atoms with Crippen molar-refractivity contribution in [1.82, 2.24) is 9.55 Å². The molecule has 0 aliphatic heterocycles. The summed E-state index contributed by atoms with van der Waals surface area (Å²) >= 11 is 0. The van der Waals surface area contributed by atoms with Crippen LogP contribution in [0.5, 0.6) is 0 Å². The number of rotatable bonds is 11. The van der Waals surface area contributed by atoms with E-state index in [4.69, 9.17) is 4.98 Å². The summed E-state index contributed by atoms with van der Waals surface area (Å²) in [6, 6.07) is 22.0. The summed E-state index contributed by atoms with van der Waals surface area (Å²) in [6.07, 6.45) is 10.3. The summed E-state index contributed by atoms with van der Waals surface area (Å²) in [4.78, 5) is 4.93. The van der Waals surface area contributed by atoms with E-state index in [1.165, 1.54) is 42.6 Å². The van der Waals surface area contributed by atoms with Gasteiger partial charge in [-0.15, -0.1) is 0 Å². The molecule has 2 nitrogen and oxygen atoms in total. The SMILES string of the molecule is CCCCCCn1ccnc1C(C(C)C)C(C)(Cc1ccccc1)c1ccccc1. The van der Waals surface area contributed by atoms with Crippen molar-refractivity contribution in [2.75, 3.05) is 0 Å². The fourth-order valence-electron chi connectivity index (χ4n) is 5.05. The number of aryl methyl sites for hydroxylation is 1. The first kappa shape index (κ1) is 22.3. The first-order valence-electron chi connectivity index (χ1n) is 11.7. The van der Waals surface area contributed by atoms with Gasteiger partial charge in [-0.2, -0.15) is 0 Å². The first-order chi connectivity index (χ1) is 14.6. The molecule has 1 aromatic heterocycles. The molecule has 0 aliphatic rings. The van der Waals surface area contributed by atoms with Gasteiger partial charge in [0.15, 0.2) is 0 Å². The molecule has 2 unspecified atom stereocenters. The molecule has 160 valence electrons. The van der Waals surface area contributed by atoms with Gasteiger partial charge < -0.3 is 4.57 Å². The molecule has 0 saturated carbocycles. The van der Waals surface area contributed by atoms with Crippen molar-refractivity contribution in [3.8, 4) is 0 Å². The van der Waals surface area contributed by atoms with E-state index in [2.05, 4.69) is 99.1 Å². The third-order valence-electron chi connectivity index (χ3n) is 6.48. The van der Waals surface area contributed by atoms with Gasteiger partial charge in [-0.05, 0) is 29.9 Å². The predicted octanol–water partition coefficient (Wildman–Crippen LogP) is 7.40. The number of benzene rings is 2. The topological polar surface area (TPSA) is 17.8 Å². The van der Waals surface area contributed by atoms with Crippen LogP contribution in [0.25, 0.3) is 0 Å². The lowest BCUT2D eigenvalue weighted by molar-refractivity contribution is 0.281. The summed E-state index contributed by atoms with van der Waals surface area (Å²) in [5.74, 6) is 2.06. The highest BCUT2D eigenvalue weighted by atomic mass is 15.1. The molecular formula is C28H38N2. The molecule has 2 heteroatoms. The largest absolute Gasteiger partial charge is 0.335 e. The molecule has 0 bridgehead atoms. The van der Waals surface area contributed by atoms with Gasteiger partial charge in [0.25, 0.3) is 0 Å². The average molecular weight is 403 g/mol. The molecule has 0 N–H and O–H groups in total. The lowest BCUT2D eigenvalue weighted by atomic mass is 9.64. The van der Waals surface area contributed by atoms with E-state index < -0.39 is 0 Å². The zero-order valence-electron chi connectivity index (χ0n) is 19.2. The van der Waals surface area contributed by atoms with E-state index in [-0.39, 0.29) is 5.41 Å². The standard InChI is InChI=1S/C28H38N2/c1-5-6-7-14-20-30-21-19-29-27(30)26(23(2)3)28(4,25-17-12-9-13-18-25)22-24-15-10-8-11-16-24/h8-13,15-19,21,23,26H,5-7,14,20,22H2,1-4H3. The maximum Gasteiger partial charge on any atom is 0.112 e. The summed E-state index contributed by atoms with van der Waals surface area (Å²) in [6.45, 7) is 10.5. The quantitative estimate of drug-likeness (QED) is 0.305. The zero-order chi connectivity index (χ0) is 21.4. The Morgan fingerprint density at radius 2 is 1.57 bits per heavy atom. The van der Waals surface area contributed by atoms with E-state index in [1.807, 2.05) is 6.20 Å². The van der Waals surface area contributed by atoms with E-state index in [9.17, 15) is 0 Å². The van der Waals surface area contributed by atoms with Crippen molar-refractivity contribution in [1.29, 1.82) is 0 Å². The van der Waals surface area contributed by atoms with Crippen molar-refractivity contribution < 1.29 is 0 Å². The van der Waals surface area contributed by atoms with Crippen LogP contribution in [0.1, 0.15) is 76.2 Å². The van der Waals surface area contributed by atoms with Gasteiger partial charge in [0, 0.05) is 30.3 Å². The number of imidazole rings is 1. The Hall–Kier alpha value is -2.35. The van der Waals surface area contributed by atoms with Gasteiger partial charge in [-0.25, -0.2) is 4.98 Å². The third-order valence-corrected chi connectivity index (χ3v) is 6.48. The van der Waals surface area contributed by atoms with Gasteiger partial charge in [0.2, 0.25) is 0 Å². The van der Waals surface area contributed by atoms with Crippen LogP contribution in [0.3, 0.4) is 0 Å².